The molecule has 2 saturated heterocycles. The van der Waals surface area contributed by atoms with E-state index in [1.165, 1.54) is 18.7 Å². The summed E-state index contributed by atoms with van der Waals surface area (Å²) in [6.07, 6.45) is -10.7. The fourth-order valence-corrected chi connectivity index (χ4v) is 5.06. The zero-order chi connectivity index (χ0) is 34.4. The molecule has 0 saturated carbocycles. The predicted molar refractivity (Wildman–Crippen MR) is 159 cm³/mol. The van der Waals surface area contributed by atoms with Crippen LogP contribution in [0.2, 0.25) is 0 Å². The summed E-state index contributed by atoms with van der Waals surface area (Å²) >= 11 is 0. The molecule has 16 heteroatoms. The molecule has 2 amide bonds. The molecule has 0 aromatic carbocycles. The van der Waals surface area contributed by atoms with Crippen molar-refractivity contribution in [3.63, 3.8) is 0 Å². The van der Waals surface area contributed by atoms with E-state index in [1.54, 1.807) is 6.92 Å². The molecule has 0 aliphatic carbocycles. The van der Waals surface area contributed by atoms with Crippen LogP contribution in [0.25, 0.3) is 0 Å². The molecule has 0 unspecified atom stereocenters. The SMILES string of the molecule is CCNC(=O)CCCCC(=O)N(CC(=O)CCCO[C@@H]1O[C@@H](C)[C@@H](O)[C@@H](O)[C@@H]1O)CC(=O)CCCO[C@@H]1O[C@@H](C)[C@@H](O)[C@@H](O)[C@@H]1O. The number of ketones is 2. The molecular weight excluding hydrogens is 612 g/mol. The van der Waals surface area contributed by atoms with Crippen molar-refractivity contribution < 1.29 is 68.8 Å². The Balaban J connectivity index is 1.83. The van der Waals surface area contributed by atoms with Gasteiger partial charge in [0.1, 0.15) is 36.6 Å². The Hall–Kier alpha value is -2.12. The van der Waals surface area contributed by atoms with Gasteiger partial charge >= 0.3 is 0 Å². The number of hydrogen-bond donors (Lipinski definition) is 7. The van der Waals surface area contributed by atoms with Crippen molar-refractivity contribution in [3.05, 3.63) is 0 Å². The summed E-state index contributed by atoms with van der Waals surface area (Å²) in [6, 6.07) is 0. The summed E-state index contributed by atoms with van der Waals surface area (Å²) in [4.78, 5) is 51.4. The van der Waals surface area contributed by atoms with Gasteiger partial charge in [0.15, 0.2) is 24.1 Å². The lowest BCUT2D eigenvalue weighted by molar-refractivity contribution is -0.293. The molecule has 0 aromatic heterocycles. The van der Waals surface area contributed by atoms with Gasteiger partial charge < -0.3 is 59.8 Å². The molecule has 16 nitrogen and oxygen atoms in total. The summed E-state index contributed by atoms with van der Waals surface area (Å²) in [5, 5.41) is 62.2. The third kappa shape index (κ3) is 12.8. The molecule has 46 heavy (non-hydrogen) atoms. The minimum atomic E-state index is -1.47. The van der Waals surface area contributed by atoms with Crippen LogP contribution in [-0.4, -0.2) is 153 Å². The van der Waals surface area contributed by atoms with Crippen LogP contribution in [-0.2, 0) is 38.1 Å². The number of Topliss-reactive ketones (excluding diaryl/α,β-unsaturated/α-hetero) is 2. The Morgan fingerprint density at radius 1 is 0.630 bits per heavy atom. The molecule has 2 aliphatic rings. The zero-order valence-electron chi connectivity index (χ0n) is 26.9. The first kappa shape index (κ1) is 40.1. The van der Waals surface area contributed by atoms with Crippen molar-refractivity contribution >= 4 is 23.4 Å². The molecule has 0 spiro atoms. The van der Waals surface area contributed by atoms with Gasteiger partial charge in [0.2, 0.25) is 11.8 Å². The normalized spacial score (nSPS) is 31.3. The minimum Gasteiger partial charge on any atom is -0.388 e. The van der Waals surface area contributed by atoms with Crippen LogP contribution in [0.15, 0.2) is 0 Å². The Kier molecular flexibility index (Phi) is 17.7. The number of nitrogens with zero attached hydrogens (tertiary/aromatic N) is 1. The lowest BCUT2D eigenvalue weighted by atomic mass is 10.00. The lowest BCUT2D eigenvalue weighted by Gasteiger charge is -2.38. The summed E-state index contributed by atoms with van der Waals surface area (Å²) in [7, 11) is 0. The molecule has 7 N–H and O–H groups in total. The summed E-state index contributed by atoms with van der Waals surface area (Å²) in [6.45, 7) is 4.69. The zero-order valence-corrected chi connectivity index (χ0v) is 26.9. The van der Waals surface area contributed by atoms with Crippen LogP contribution in [0, 0.1) is 0 Å². The number of nitrogens with one attached hydrogen (secondary N) is 1. The van der Waals surface area contributed by atoms with Crippen molar-refractivity contribution in [2.75, 3.05) is 32.8 Å². The summed E-state index contributed by atoms with van der Waals surface area (Å²) < 4.78 is 21.6. The Bertz CT molecular complexity index is 914. The second-order valence-electron chi connectivity index (χ2n) is 11.8. The average molecular weight is 665 g/mol. The van der Waals surface area contributed by atoms with Gasteiger partial charge in [-0.1, -0.05) is 0 Å². The van der Waals surface area contributed by atoms with E-state index < -0.39 is 67.3 Å². The maximum absolute atomic E-state index is 13.0. The summed E-state index contributed by atoms with van der Waals surface area (Å²) in [5.41, 5.74) is 0. The highest BCUT2D eigenvalue weighted by Crippen LogP contribution is 2.23. The maximum Gasteiger partial charge on any atom is 0.223 e. The lowest BCUT2D eigenvalue weighted by Crippen LogP contribution is -2.57. The van der Waals surface area contributed by atoms with Gasteiger partial charge in [-0.2, -0.15) is 0 Å². The van der Waals surface area contributed by atoms with Gasteiger partial charge in [0, 0.05) is 32.2 Å². The van der Waals surface area contributed by atoms with Crippen LogP contribution in [0.4, 0.5) is 0 Å². The predicted octanol–water partition coefficient (Wildman–Crippen LogP) is -2.10. The fourth-order valence-electron chi connectivity index (χ4n) is 5.06. The molecule has 2 rings (SSSR count). The van der Waals surface area contributed by atoms with Crippen LogP contribution in [0.5, 0.6) is 0 Å². The molecule has 2 aliphatic heterocycles. The third-order valence-corrected chi connectivity index (χ3v) is 7.89. The molecule has 10 atom stereocenters. The number of carbonyl (C=O) groups is 4. The van der Waals surface area contributed by atoms with Gasteiger partial charge in [0.05, 0.1) is 38.5 Å². The number of hydrogen-bond acceptors (Lipinski definition) is 14. The van der Waals surface area contributed by atoms with E-state index in [1.807, 2.05) is 0 Å². The van der Waals surface area contributed by atoms with E-state index in [0.29, 0.717) is 19.4 Å². The van der Waals surface area contributed by atoms with Crippen LogP contribution >= 0.6 is 0 Å². The first-order chi connectivity index (χ1) is 21.8. The topological polar surface area (TPSA) is 242 Å². The first-order valence-electron chi connectivity index (χ1n) is 16.0. The average Bonchev–Trinajstić information content (AvgIpc) is 3.01. The van der Waals surface area contributed by atoms with E-state index in [4.69, 9.17) is 18.9 Å². The Morgan fingerprint density at radius 3 is 1.50 bits per heavy atom. The van der Waals surface area contributed by atoms with E-state index >= 15 is 0 Å². The van der Waals surface area contributed by atoms with E-state index in [9.17, 15) is 49.8 Å². The number of carbonyl (C=O) groups excluding carboxylic acids is 4. The van der Waals surface area contributed by atoms with Gasteiger partial charge in [0.25, 0.3) is 0 Å². The smallest absolute Gasteiger partial charge is 0.223 e. The van der Waals surface area contributed by atoms with Gasteiger partial charge in [-0.25, -0.2) is 0 Å². The third-order valence-electron chi connectivity index (χ3n) is 7.89. The highest BCUT2D eigenvalue weighted by atomic mass is 16.7. The highest BCUT2D eigenvalue weighted by Gasteiger charge is 2.43. The van der Waals surface area contributed by atoms with Gasteiger partial charge in [-0.05, 0) is 46.5 Å². The molecule has 2 heterocycles. The van der Waals surface area contributed by atoms with E-state index in [2.05, 4.69) is 5.32 Å². The van der Waals surface area contributed by atoms with Crippen molar-refractivity contribution in [1.82, 2.24) is 10.2 Å². The molecule has 266 valence electrons. The van der Waals surface area contributed by atoms with Crippen molar-refractivity contribution in [3.8, 4) is 0 Å². The second kappa shape index (κ2) is 20.3. The number of unbranched alkanes of at least 4 members (excludes halogenated alkanes) is 1. The van der Waals surface area contributed by atoms with Gasteiger partial charge in [-0.3, -0.25) is 19.2 Å². The standard InChI is InChI=1S/C30H52N2O14/c1-4-31-21(35)11-5-6-12-22(36)32(15-19(33)9-7-13-43-29-27(41)25(39)23(37)17(2)45-29)16-20(34)10-8-14-44-30-28(42)26(40)24(38)18(3)46-30/h17-18,23-30,37-42H,4-16H2,1-3H3,(H,31,35)/t17-,18-,23+,24+,25+,26+,27-,28-,29+,30+/m0/s1. The second-order valence-corrected chi connectivity index (χ2v) is 11.8. The van der Waals surface area contributed by atoms with Gasteiger partial charge in [-0.15, -0.1) is 0 Å². The maximum atomic E-state index is 13.0. The minimum absolute atomic E-state index is 0.00473. The Labute approximate surface area is 268 Å². The highest BCUT2D eigenvalue weighted by molar-refractivity contribution is 5.90. The van der Waals surface area contributed by atoms with Crippen LogP contribution < -0.4 is 5.32 Å². The fraction of sp³-hybridized carbons (Fsp3) is 0.867. The first-order valence-corrected chi connectivity index (χ1v) is 16.0. The number of aliphatic hydroxyl groups is 6. The number of amides is 2. The molecular formula is C30H52N2O14. The van der Waals surface area contributed by atoms with E-state index in [-0.39, 0.29) is 82.3 Å². The summed E-state index contributed by atoms with van der Waals surface area (Å²) in [5.74, 6) is -1.20. The largest absolute Gasteiger partial charge is 0.388 e. The molecule has 0 radical (unpaired) electrons. The van der Waals surface area contributed by atoms with E-state index in [0.717, 1.165) is 0 Å². The monoisotopic (exact) mass is 664 g/mol. The Morgan fingerprint density at radius 2 is 1.07 bits per heavy atom. The van der Waals surface area contributed by atoms with Crippen molar-refractivity contribution in [2.45, 2.75) is 134 Å². The quantitative estimate of drug-likeness (QED) is 0.0690. The molecule has 0 aromatic rings. The number of aliphatic hydroxyl groups excluding tert-OH is 6. The number of ether oxygens (including phenoxy) is 4. The van der Waals surface area contributed by atoms with Crippen molar-refractivity contribution in [1.29, 1.82) is 0 Å². The van der Waals surface area contributed by atoms with Crippen LogP contribution in [0.3, 0.4) is 0 Å². The van der Waals surface area contributed by atoms with Crippen LogP contribution in [0.1, 0.15) is 72.1 Å². The number of rotatable bonds is 20. The van der Waals surface area contributed by atoms with Crippen molar-refractivity contribution in [2.24, 2.45) is 0 Å². The molecule has 2 fully saturated rings. The molecule has 0 bridgehead atoms.